The van der Waals surface area contributed by atoms with E-state index in [0.717, 1.165) is 23.3 Å². The van der Waals surface area contributed by atoms with Crippen LogP contribution in [0.5, 0.6) is 0 Å². The first-order valence-electron chi connectivity index (χ1n) is 10.3. The number of hydrogen-bond donors (Lipinski definition) is 1. The maximum absolute atomic E-state index is 12.8. The standard InChI is InChI=1S/C22H26N4O4S2/c1-4-6-15-26(5-2)32(28,29)19-13-9-16(10-14-19)20(27)23-22-25-24-21(30-22)17-7-11-18(31-3)12-8-17/h7-14H,4-6,15H2,1-3H3,(H,23,25,27). The third-order valence-corrected chi connectivity index (χ3v) is 7.58. The van der Waals surface area contributed by atoms with Crippen molar-refractivity contribution >= 4 is 33.7 Å². The molecule has 0 aliphatic heterocycles. The van der Waals surface area contributed by atoms with E-state index in [2.05, 4.69) is 15.5 Å². The molecule has 3 rings (SSSR count). The molecule has 1 N–H and O–H groups in total. The Kier molecular flexibility index (Phi) is 8.05. The molecule has 3 aromatic rings. The lowest BCUT2D eigenvalue weighted by Crippen LogP contribution is -2.31. The molecule has 2 aromatic carbocycles. The van der Waals surface area contributed by atoms with E-state index < -0.39 is 15.9 Å². The second-order valence-electron chi connectivity index (χ2n) is 6.97. The largest absolute Gasteiger partial charge is 0.403 e. The van der Waals surface area contributed by atoms with E-state index in [4.69, 9.17) is 4.42 Å². The minimum absolute atomic E-state index is 0.0348. The van der Waals surface area contributed by atoms with Crippen molar-refractivity contribution in [2.75, 3.05) is 24.7 Å². The number of nitrogens with zero attached hydrogens (tertiary/aromatic N) is 3. The molecule has 0 spiro atoms. The highest BCUT2D eigenvalue weighted by atomic mass is 32.2. The van der Waals surface area contributed by atoms with Crippen molar-refractivity contribution in [2.24, 2.45) is 0 Å². The minimum Gasteiger partial charge on any atom is -0.403 e. The Labute approximate surface area is 192 Å². The van der Waals surface area contributed by atoms with E-state index >= 15 is 0 Å². The first kappa shape index (κ1) is 24.0. The Balaban J connectivity index is 1.69. The fraction of sp³-hybridized carbons (Fsp3) is 0.318. The zero-order valence-corrected chi connectivity index (χ0v) is 19.9. The first-order chi connectivity index (χ1) is 15.4. The number of anilines is 1. The Bertz CT molecular complexity index is 1140. The van der Waals surface area contributed by atoms with E-state index in [-0.39, 0.29) is 16.5 Å². The van der Waals surface area contributed by atoms with Gasteiger partial charge in [-0.25, -0.2) is 8.42 Å². The van der Waals surface area contributed by atoms with Crippen molar-refractivity contribution in [1.82, 2.24) is 14.5 Å². The van der Waals surface area contributed by atoms with Crippen LogP contribution in [0.25, 0.3) is 11.5 Å². The lowest BCUT2D eigenvalue weighted by molar-refractivity contribution is 0.102. The van der Waals surface area contributed by atoms with E-state index in [1.165, 1.54) is 28.6 Å². The minimum atomic E-state index is -3.60. The average molecular weight is 475 g/mol. The molecule has 1 heterocycles. The van der Waals surface area contributed by atoms with Gasteiger partial charge in [0.25, 0.3) is 5.91 Å². The van der Waals surface area contributed by atoms with Crippen LogP contribution in [-0.4, -0.2) is 48.2 Å². The second-order valence-corrected chi connectivity index (χ2v) is 9.79. The fourth-order valence-corrected chi connectivity index (χ4v) is 4.90. The zero-order chi connectivity index (χ0) is 23.1. The Morgan fingerprint density at radius 3 is 2.34 bits per heavy atom. The van der Waals surface area contributed by atoms with Crippen molar-refractivity contribution < 1.29 is 17.6 Å². The molecular formula is C22H26N4O4S2. The summed E-state index contributed by atoms with van der Waals surface area (Å²) in [5, 5.41) is 10.4. The van der Waals surface area contributed by atoms with Gasteiger partial charge in [0.05, 0.1) is 4.90 Å². The van der Waals surface area contributed by atoms with Gasteiger partial charge in [0, 0.05) is 29.1 Å². The summed E-state index contributed by atoms with van der Waals surface area (Å²) in [4.78, 5) is 13.8. The number of amides is 1. The van der Waals surface area contributed by atoms with Crippen molar-refractivity contribution in [2.45, 2.75) is 36.5 Å². The van der Waals surface area contributed by atoms with Gasteiger partial charge in [0.1, 0.15) is 0 Å². The molecule has 10 heteroatoms. The van der Waals surface area contributed by atoms with Gasteiger partial charge in [0.15, 0.2) is 0 Å². The molecule has 0 radical (unpaired) electrons. The van der Waals surface area contributed by atoms with Crippen molar-refractivity contribution in [1.29, 1.82) is 0 Å². The molecule has 1 amide bonds. The number of benzene rings is 2. The summed E-state index contributed by atoms with van der Waals surface area (Å²) < 4.78 is 32.6. The molecule has 0 bridgehead atoms. The quantitative estimate of drug-likeness (QED) is 0.431. The normalized spacial score (nSPS) is 11.6. The van der Waals surface area contributed by atoms with Crippen LogP contribution in [0.2, 0.25) is 0 Å². The predicted octanol–water partition coefficient (Wildman–Crippen LogP) is 4.52. The molecule has 0 saturated carbocycles. The Morgan fingerprint density at radius 2 is 1.75 bits per heavy atom. The van der Waals surface area contributed by atoms with Crippen LogP contribution in [0.3, 0.4) is 0 Å². The van der Waals surface area contributed by atoms with Gasteiger partial charge in [-0.1, -0.05) is 25.4 Å². The summed E-state index contributed by atoms with van der Waals surface area (Å²) in [6, 6.07) is 13.4. The van der Waals surface area contributed by atoms with Crippen molar-refractivity contribution in [3.8, 4) is 11.5 Å². The average Bonchev–Trinajstić information content (AvgIpc) is 3.28. The summed E-state index contributed by atoms with van der Waals surface area (Å²) in [5.41, 5.74) is 1.03. The third kappa shape index (κ3) is 5.56. The van der Waals surface area contributed by atoms with Crippen molar-refractivity contribution in [3.63, 3.8) is 0 Å². The predicted molar refractivity (Wildman–Crippen MR) is 125 cm³/mol. The van der Waals surface area contributed by atoms with Gasteiger partial charge < -0.3 is 4.42 Å². The lowest BCUT2D eigenvalue weighted by atomic mass is 10.2. The molecule has 170 valence electrons. The van der Waals surface area contributed by atoms with Gasteiger partial charge in [-0.2, -0.15) is 4.31 Å². The fourth-order valence-electron chi connectivity index (χ4n) is 3.00. The summed E-state index contributed by atoms with van der Waals surface area (Å²) in [6.07, 6.45) is 3.69. The maximum atomic E-state index is 12.8. The molecule has 32 heavy (non-hydrogen) atoms. The van der Waals surface area contributed by atoms with Gasteiger partial charge in [-0.05, 0) is 61.2 Å². The summed E-state index contributed by atoms with van der Waals surface area (Å²) in [7, 11) is -3.60. The number of carbonyl (C=O) groups is 1. The number of unbranched alkanes of at least 4 members (excludes halogenated alkanes) is 1. The highest BCUT2D eigenvalue weighted by Crippen LogP contribution is 2.23. The summed E-state index contributed by atoms with van der Waals surface area (Å²) >= 11 is 1.63. The van der Waals surface area contributed by atoms with Gasteiger partial charge in [-0.15, -0.1) is 16.9 Å². The molecule has 0 saturated heterocycles. The third-order valence-electron chi connectivity index (χ3n) is 4.85. The highest BCUT2D eigenvalue weighted by molar-refractivity contribution is 7.98. The van der Waals surface area contributed by atoms with Crippen LogP contribution in [-0.2, 0) is 10.0 Å². The number of sulfonamides is 1. The van der Waals surface area contributed by atoms with E-state index in [9.17, 15) is 13.2 Å². The van der Waals surface area contributed by atoms with Gasteiger partial charge in [-0.3, -0.25) is 10.1 Å². The lowest BCUT2D eigenvalue weighted by Gasteiger charge is -2.20. The summed E-state index contributed by atoms with van der Waals surface area (Å²) in [5.74, 6) is -0.179. The SMILES string of the molecule is CCCCN(CC)S(=O)(=O)c1ccc(C(=O)Nc2nnc(-c3ccc(SC)cc3)o2)cc1. The Hall–Kier alpha value is -2.69. The molecule has 0 unspecified atom stereocenters. The molecule has 0 fully saturated rings. The van der Waals surface area contributed by atoms with Crippen LogP contribution in [0.15, 0.2) is 62.7 Å². The second kappa shape index (κ2) is 10.8. The van der Waals surface area contributed by atoms with E-state index in [1.807, 2.05) is 44.4 Å². The number of thioether (sulfide) groups is 1. The number of rotatable bonds is 10. The van der Waals surface area contributed by atoms with Gasteiger partial charge >= 0.3 is 6.01 Å². The maximum Gasteiger partial charge on any atom is 0.322 e. The zero-order valence-electron chi connectivity index (χ0n) is 18.2. The van der Waals surface area contributed by atoms with Crippen LogP contribution >= 0.6 is 11.8 Å². The van der Waals surface area contributed by atoms with E-state index in [0.29, 0.717) is 19.0 Å². The van der Waals surface area contributed by atoms with Crippen LogP contribution < -0.4 is 5.32 Å². The van der Waals surface area contributed by atoms with Crippen molar-refractivity contribution in [3.05, 3.63) is 54.1 Å². The smallest absolute Gasteiger partial charge is 0.322 e. The summed E-state index contributed by atoms with van der Waals surface area (Å²) in [6.45, 7) is 4.69. The number of carbonyl (C=O) groups excluding carboxylic acids is 1. The molecule has 8 nitrogen and oxygen atoms in total. The first-order valence-corrected chi connectivity index (χ1v) is 12.9. The van der Waals surface area contributed by atoms with Crippen LogP contribution in [0.1, 0.15) is 37.0 Å². The molecular weight excluding hydrogens is 448 g/mol. The van der Waals surface area contributed by atoms with Crippen LogP contribution in [0, 0.1) is 0 Å². The number of hydrogen-bond acceptors (Lipinski definition) is 7. The molecule has 0 atom stereocenters. The highest BCUT2D eigenvalue weighted by Gasteiger charge is 2.23. The topological polar surface area (TPSA) is 105 Å². The van der Waals surface area contributed by atoms with Crippen LogP contribution in [0.4, 0.5) is 6.01 Å². The molecule has 0 aliphatic rings. The monoisotopic (exact) mass is 474 g/mol. The number of nitrogens with one attached hydrogen (secondary N) is 1. The number of aromatic nitrogens is 2. The Morgan fingerprint density at radius 1 is 1.06 bits per heavy atom. The molecule has 1 aromatic heterocycles. The molecule has 0 aliphatic carbocycles. The van der Waals surface area contributed by atoms with E-state index in [1.54, 1.807) is 11.8 Å². The van der Waals surface area contributed by atoms with Gasteiger partial charge in [0.2, 0.25) is 15.9 Å².